The first-order valence-corrected chi connectivity index (χ1v) is 4.57. The molecule has 1 heterocycles. The summed E-state index contributed by atoms with van der Waals surface area (Å²) in [7, 11) is 3.97. The molecule has 74 valence electrons. The molecule has 0 amide bonds. The molecule has 1 aromatic heterocycles. The third-order valence-corrected chi connectivity index (χ3v) is 2.06. The molecule has 2 N–H and O–H groups in total. The molecule has 1 rings (SSSR count). The SMILES string of the molecule is CNCC(C)NCc1cncn1C. The van der Waals surface area contributed by atoms with E-state index in [4.69, 9.17) is 0 Å². The van der Waals surface area contributed by atoms with E-state index >= 15 is 0 Å². The van der Waals surface area contributed by atoms with Crippen LogP contribution < -0.4 is 10.6 Å². The van der Waals surface area contributed by atoms with Crippen LogP contribution in [-0.2, 0) is 13.6 Å². The molecule has 0 radical (unpaired) electrons. The van der Waals surface area contributed by atoms with E-state index in [-0.39, 0.29) is 0 Å². The number of aromatic nitrogens is 2. The predicted molar refractivity (Wildman–Crippen MR) is 53.4 cm³/mol. The van der Waals surface area contributed by atoms with Gasteiger partial charge in [-0.15, -0.1) is 0 Å². The number of likely N-dealkylation sites (N-methyl/N-ethyl adjacent to an activating group) is 1. The van der Waals surface area contributed by atoms with Crippen LogP contribution in [-0.4, -0.2) is 29.2 Å². The summed E-state index contributed by atoms with van der Waals surface area (Å²) in [6, 6.07) is 0.486. The first-order valence-electron chi connectivity index (χ1n) is 4.57. The summed E-state index contributed by atoms with van der Waals surface area (Å²) in [5.41, 5.74) is 1.21. The Hall–Kier alpha value is -0.870. The van der Waals surface area contributed by atoms with Crippen molar-refractivity contribution in [3.63, 3.8) is 0 Å². The zero-order chi connectivity index (χ0) is 9.68. The molecule has 13 heavy (non-hydrogen) atoms. The summed E-state index contributed by atoms with van der Waals surface area (Å²) in [6.07, 6.45) is 3.71. The summed E-state index contributed by atoms with van der Waals surface area (Å²) in [5.74, 6) is 0. The van der Waals surface area contributed by atoms with Crippen molar-refractivity contribution >= 4 is 0 Å². The van der Waals surface area contributed by atoms with Gasteiger partial charge in [0.2, 0.25) is 0 Å². The quantitative estimate of drug-likeness (QED) is 0.679. The van der Waals surface area contributed by atoms with Gasteiger partial charge in [0.15, 0.2) is 0 Å². The number of nitrogens with one attached hydrogen (secondary N) is 2. The van der Waals surface area contributed by atoms with Crippen LogP contribution in [0, 0.1) is 0 Å². The van der Waals surface area contributed by atoms with Crippen LogP contribution in [0.25, 0.3) is 0 Å². The lowest BCUT2D eigenvalue weighted by Gasteiger charge is -2.12. The highest BCUT2D eigenvalue weighted by Gasteiger charge is 2.01. The molecule has 0 aromatic carbocycles. The summed E-state index contributed by atoms with van der Waals surface area (Å²) >= 11 is 0. The molecule has 0 aliphatic rings. The number of aryl methyl sites for hydroxylation is 1. The van der Waals surface area contributed by atoms with Crippen LogP contribution in [0.2, 0.25) is 0 Å². The van der Waals surface area contributed by atoms with Gasteiger partial charge in [0.25, 0.3) is 0 Å². The van der Waals surface area contributed by atoms with E-state index in [0.29, 0.717) is 6.04 Å². The van der Waals surface area contributed by atoms with E-state index in [1.807, 2.05) is 31.2 Å². The Morgan fingerprint density at radius 3 is 2.92 bits per heavy atom. The molecular weight excluding hydrogens is 164 g/mol. The Bertz CT molecular complexity index is 244. The average molecular weight is 182 g/mol. The minimum atomic E-state index is 0.486. The maximum atomic E-state index is 4.05. The lowest BCUT2D eigenvalue weighted by Crippen LogP contribution is -2.34. The first kappa shape index (κ1) is 10.2. The fraction of sp³-hybridized carbons (Fsp3) is 0.667. The van der Waals surface area contributed by atoms with Gasteiger partial charge >= 0.3 is 0 Å². The zero-order valence-corrected chi connectivity index (χ0v) is 8.54. The van der Waals surface area contributed by atoms with Gasteiger partial charge in [-0.3, -0.25) is 0 Å². The smallest absolute Gasteiger partial charge is 0.0945 e. The monoisotopic (exact) mass is 182 g/mol. The topological polar surface area (TPSA) is 41.9 Å². The minimum absolute atomic E-state index is 0.486. The lowest BCUT2D eigenvalue weighted by atomic mass is 10.3. The Labute approximate surface area is 79.4 Å². The third-order valence-electron chi connectivity index (χ3n) is 2.06. The second kappa shape index (κ2) is 4.99. The summed E-state index contributed by atoms with van der Waals surface area (Å²) in [5, 5.41) is 6.53. The molecular formula is C9H18N4. The highest BCUT2D eigenvalue weighted by molar-refractivity contribution is 4.96. The van der Waals surface area contributed by atoms with Gasteiger partial charge in [0.05, 0.1) is 12.0 Å². The van der Waals surface area contributed by atoms with Crippen molar-refractivity contribution in [2.45, 2.75) is 19.5 Å². The fourth-order valence-electron chi connectivity index (χ4n) is 1.21. The number of imidazole rings is 1. The lowest BCUT2D eigenvalue weighted by molar-refractivity contribution is 0.513. The first-order chi connectivity index (χ1) is 6.24. The molecule has 4 nitrogen and oxygen atoms in total. The highest BCUT2D eigenvalue weighted by Crippen LogP contribution is 1.95. The molecule has 0 spiro atoms. The second-order valence-electron chi connectivity index (χ2n) is 3.34. The summed E-state index contributed by atoms with van der Waals surface area (Å²) < 4.78 is 2.03. The van der Waals surface area contributed by atoms with Crippen molar-refractivity contribution in [2.75, 3.05) is 13.6 Å². The van der Waals surface area contributed by atoms with Gasteiger partial charge in [0, 0.05) is 32.4 Å². The molecule has 0 saturated heterocycles. The number of hydrogen-bond donors (Lipinski definition) is 2. The summed E-state index contributed by atoms with van der Waals surface area (Å²) in [6.45, 7) is 4.02. The summed E-state index contributed by atoms with van der Waals surface area (Å²) in [4.78, 5) is 4.05. The molecule has 1 unspecified atom stereocenters. The van der Waals surface area contributed by atoms with Crippen LogP contribution in [0.4, 0.5) is 0 Å². The normalized spacial score (nSPS) is 13.2. The fourth-order valence-corrected chi connectivity index (χ4v) is 1.21. The Balaban J connectivity index is 2.30. The van der Waals surface area contributed by atoms with Gasteiger partial charge in [-0.1, -0.05) is 0 Å². The van der Waals surface area contributed by atoms with Gasteiger partial charge in [0.1, 0.15) is 0 Å². The van der Waals surface area contributed by atoms with Crippen LogP contribution in [0.1, 0.15) is 12.6 Å². The van der Waals surface area contributed by atoms with Crippen molar-refractivity contribution in [3.8, 4) is 0 Å². The Morgan fingerprint density at radius 2 is 2.38 bits per heavy atom. The van der Waals surface area contributed by atoms with Crippen molar-refractivity contribution < 1.29 is 0 Å². The van der Waals surface area contributed by atoms with Crippen LogP contribution >= 0.6 is 0 Å². The minimum Gasteiger partial charge on any atom is -0.337 e. The van der Waals surface area contributed by atoms with E-state index in [9.17, 15) is 0 Å². The number of hydrogen-bond acceptors (Lipinski definition) is 3. The zero-order valence-electron chi connectivity index (χ0n) is 8.54. The average Bonchev–Trinajstić information content (AvgIpc) is 2.48. The molecule has 0 saturated carbocycles. The van der Waals surface area contributed by atoms with E-state index in [2.05, 4.69) is 22.5 Å². The number of rotatable bonds is 5. The van der Waals surface area contributed by atoms with E-state index in [1.165, 1.54) is 5.69 Å². The third kappa shape index (κ3) is 3.16. The molecule has 1 atom stereocenters. The van der Waals surface area contributed by atoms with Crippen LogP contribution in [0.3, 0.4) is 0 Å². The van der Waals surface area contributed by atoms with Crippen molar-refractivity contribution in [2.24, 2.45) is 7.05 Å². The van der Waals surface area contributed by atoms with Gasteiger partial charge < -0.3 is 15.2 Å². The van der Waals surface area contributed by atoms with Crippen molar-refractivity contribution in [1.29, 1.82) is 0 Å². The second-order valence-corrected chi connectivity index (χ2v) is 3.34. The Kier molecular flexibility index (Phi) is 3.92. The largest absolute Gasteiger partial charge is 0.337 e. The van der Waals surface area contributed by atoms with Gasteiger partial charge in [-0.2, -0.15) is 0 Å². The highest BCUT2D eigenvalue weighted by atomic mass is 15.1. The number of nitrogens with zero attached hydrogens (tertiary/aromatic N) is 2. The van der Waals surface area contributed by atoms with E-state index in [0.717, 1.165) is 13.1 Å². The van der Waals surface area contributed by atoms with Crippen molar-refractivity contribution in [3.05, 3.63) is 18.2 Å². The van der Waals surface area contributed by atoms with Crippen LogP contribution in [0.15, 0.2) is 12.5 Å². The van der Waals surface area contributed by atoms with E-state index in [1.54, 1.807) is 0 Å². The molecule has 0 aliphatic carbocycles. The molecule has 0 fully saturated rings. The van der Waals surface area contributed by atoms with Gasteiger partial charge in [-0.05, 0) is 14.0 Å². The molecule has 1 aromatic rings. The van der Waals surface area contributed by atoms with E-state index < -0.39 is 0 Å². The van der Waals surface area contributed by atoms with Crippen LogP contribution in [0.5, 0.6) is 0 Å². The molecule has 0 aliphatic heterocycles. The van der Waals surface area contributed by atoms with Crippen molar-refractivity contribution in [1.82, 2.24) is 20.2 Å². The maximum Gasteiger partial charge on any atom is 0.0945 e. The predicted octanol–water partition coefficient (Wildman–Crippen LogP) is 0.118. The molecule has 0 bridgehead atoms. The van der Waals surface area contributed by atoms with Gasteiger partial charge in [-0.25, -0.2) is 4.98 Å². The standard InChI is InChI=1S/C9H18N4/c1-8(4-10-2)12-6-9-5-11-7-13(9)3/h5,7-8,10,12H,4,6H2,1-3H3. The maximum absolute atomic E-state index is 4.05. The Morgan fingerprint density at radius 1 is 1.62 bits per heavy atom. The molecule has 4 heteroatoms.